The fourth-order valence-electron chi connectivity index (χ4n) is 8.04. The molecule has 0 aliphatic heterocycles. The number of halogens is 3. The number of allylic oxidation sites excluding steroid dienone is 2. The van der Waals surface area contributed by atoms with Crippen LogP contribution in [0, 0.1) is 11.3 Å². The topological polar surface area (TPSA) is 69.9 Å². The van der Waals surface area contributed by atoms with E-state index in [2.05, 4.69) is 23.9 Å². The van der Waals surface area contributed by atoms with Crippen molar-refractivity contribution < 1.29 is 22.7 Å². The molecule has 1 aromatic carbocycles. The van der Waals surface area contributed by atoms with Gasteiger partial charge in [0.15, 0.2) is 5.69 Å². The number of nitrogens with zero attached hydrogens (tertiary/aromatic N) is 4. The van der Waals surface area contributed by atoms with Crippen LogP contribution < -0.4 is 4.74 Å². The van der Waals surface area contributed by atoms with Crippen LogP contribution in [-0.2, 0) is 22.8 Å². The summed E-state index contributed by atoms with van der Waals surface area (Å²) in [6, 6.07) is 8.77. The van der Waals surface area contributed by atoms with E-state index in [9.17, 15) is 18.0 Å². The molecule has 0 amide bonds. The predicted octanol–water partition coefficient (Wildman–Crippen LogP) is 7.26. The lowest BCUT2D eigenvalue weighted by Gasteiger charge is -2.60. The largest absolute Gasteiger partial charge is 0.481 e. The van der Waals surface area contributed by atoms with Gasteiger partial charge in [-0.1, -0.05) is 24.6 Å². The first-order valence-electron chi connectivity index (χ1n) is 14.9. The van der Waals surface area contributed by atoms with E-state index in [-0.39, 0.29) is 17.3 Å². The molecule has 3 aromatic rings. The molecule has 5 aliphatic rings. The lowest BCUT2D eigenvalue weighted by atomic mass is 9.42. The molecular formula is C33H35F3N4O2. The van der Waals surface area contributed by atoms with Gasteiger partial charge in [-0.2, -0.15) is 18.3 Å². The van der Waals surface area contributed by atoms with Crippen LogP contribution in [0.1, 0.15) is 98.8 Å². The van der Waals surface area contributed by atoms with Crippen LogP contribution in [0.15, 0.2) is 47.8 Å². The Hall–Kier alpha value is -3.49. The number of alkyl halides is 3. The molecule has 0 spiro atoms. The van der Waals surface area contributed by atoms with Gasteiger partial charge in [0.25, 0.3) is 0 Å². The molecular weight excluding hydrogens is 541 g/mol. The Morgan fingerprint density at radius 2 is 1.79 bits per heavy atom. The number of aldehydes is 1. The van der Waals surface area contributed by atoms with Crippen molar-refractivity contribution in [3.63, 3.8) is 0 Å². The molecule has 2 heterocycles. The van der Waals surface area contributed by atoms with Crippen molar-refractivity contribution in [3.8, 4) is 11.6 Å². The highest BCUT2D eigenvalue weighted by molar-refractivity contribution is 5.76. The molecule has 2 bridgehead atoms. The minimum atomic E-state index is -4.48. The number of carbonyl (C=O) groups excluding carboxylic acids is 1. The molecule has 42 heavy (non-hydrogen) atoms. The molecule has 3 atom stereocenters. The SMILES string of the molecule is COc1ncnc(C2CC2)c1C1(C)CCC2C(C)=C1C2(C=O)CCc1ccc(-n2nc(C(F)(F)F)cc2C2CC2)cc1. The van der Waals surface area contributed by atoms with Crippen LogP contribution in [0.25, 0.3) is 5.69 Å². The molecule has 0 saturated heterocycles. The van der Waals surface area contributed by atoms with Crippen molar-refractivity contribution in [3.05, 3.63) is 76.0 Å². The highest BCUT2D eigenvalue weighted by Crippen LogP contribution is 2.68. The second-order valence-corrected chi connectivity index (χ2v) is 12.9. The number of aromatic nitrogens is 4. The van der Waals surface area contributed by atoms with Crippen molar-refractivity contribution >= 4 is 6.29 Å². The van der Waals surface area contributed by atoms with Gasteiger partial charge < -0.3 is 9.53 Å². The molecule has 5 aliphatic carbocycles. The van der Waals surface area contributed by atoms with E-state index in [1.54, 1.807) is 13.4 Å². The Morgan fingerprint density at radius 1 is 1.07 bits per heavy atom. The number of fused-ring (bicyclic) bond motifs is 2. The van der Waals surface area contributed by atoms with Gasteiger partial charge >= 0.3 is 6.18 Å². The van der Waals surface area contributed by atoms with E-state index < -0.39 is 17.3 Å². The van der Waals surface area contributed by atoms with Gasteiger partial charge in [-0.15, -0.1) is 0 Å². The third kappa shape index (κ3) is 4.14. The lowest BCUT2D eigenvalue weighted by molar-refractivity contribution is -0.141. The Kier molecular flexibility index (Phi) is 6.19. The van der Waals surface area contributed by atoms with E-state index in [1.165, 1.54) is 28.2 Å². The average molecular weight is 577 g/mol. The van der Waals surface area contributed by atoms with E-state index in [1.807, 2.05) is 24.3 Å². The van der Waals surface area contributed by atoms with Crippen molar-refractivity contribution in [2.24, 2.45) is 11.3 Å². The second-order valence-electron chi connectivity index (χ2n) is 12.9. The Balaban J connectivity index is 1.16. The predicted molar refractivity (Wildman–Crippen MR) is 151 cm³/mol. The molecule has 8 rings (SSSR count). The number of hydrogen-bond donors (Lipinski definition) is 0. The van der Waals surface area contributed by atoms with E-state index in [4.69, 9.17) is 9.72 Å². The molecule has 3 unspecified atom stereocenters. The van der Waals surface area contributed by atoms with Gasteiger partial charge in [-0.3, -0.25) is 0 Å². The van der Waals surface area contributed by atoms with Crippen LogP contribution in [0.4, 0.5) is 13.2 Å². The molecule has 0 N–H and O–H groups in total. The van der Waals surface area contributed by atoms with Crippen molar-refractivity contribution in [1.82, 2.24) is 19.7 Å². The van der Waals surface area contributed by atoms with Gasteiger partial charge in [-0.25, -0.2) is 14.6 Å². The summed E-state index contributed by atoms with van der Waals surface area (Å²) in [4.78, 5) is 22.2. The molecule has 3 fully saturated rings. The summed E-state index contributed by atoms with van der Waals surface area (Å²) < 4.78 is 47.4. The van der Waals surface area contributed by atoms with Crippen LogP contribution in [-0.4, -0.2) is 33.1 Å². The average Bonchev–Trinajstić information content (AvgIpc) is 3.92. The van der Waals surface area contributed by atoms with Crippen LogP contribution >= 0.6 is 0 Å². The third-order valence-electron chi connectivity index (χ3n) is 10.3. The fraction of sp³-hybridized carbons (Fsp3) is 0.515. The highest BCUT2D eigenvalue weighted by atomic mass is 19.4. The highest BCUT2D eigenvalue weighted by Gasteiger charge is 2.62. The number of benzene rings is 1. The maximum atomic E-state index is 13.4. The number of carbonyl (C=O) groups is 1. The smallest absolute Gasteiger partial charge is 0.435 e. The Bertz CT molecular complexity index is 1590. The summed E-state index contributed by atoms with van der Waals surface area (Å²) in [5, 5.41) is 3.91. The monoisotopic (exact) mass is 576 g/mol. The normalized spacial score (nSPS) is 27.1. The van der Waals surface area contributed by atoms with Gasteiger partial charge in [0.2, 0.25) is 5.88 Å². The Morgan fingerprint density at radius 3 is 2.38 bits per heavy atom. The van der Waals surface area contributed by atoms with Crippen LogP contribution in [0.3, 0.4) is 0 Å². The zero-order valence-corrected chi connectivity index (χ0v) is 24.2. The molecule has 220 valence electrons. The van der Waals surface area contributed by atoms with Gasteiger partial charge in [-0.05, 0) is 93.5 Å². The molecule has 9 heteroatoms. The van der Waals surface area contributed by atoms with Gasteiger partial charge in [0.1, 0.15) is 12.6 Å². The minimum Gasteiger partial charge on any atom is -0.481 e. The van der Waals surface area contributed by atoms with Crippen LogP contribution in [0.5, 0.6) is 5.88 Å². The fourth-order valence-corrected chi connectivity index (χ4v) is 8.04. The first kappa shape index (κ1) is 27.3. The van der Waals surface area contributed by atoms with Crippen molar-refractivity contribution in [2.45, 2.75) is 88.6 Å². The first-order chi connectivity index (χ1) is 20.1. The molecule has 0 radical (unpaired) electrons. The summed E-state index contributed by atoms with van der Waals surface area (Å²) in [6.45, 7) is 4.40. The number of aryl methyl sites for hydroxylation is 1. The quantitative estimate of drug-likeness (QED) is 0.198. The summed E-state index contributed by atoms with van der Waals surface area (Å²) in [6.07, 6.45) is 5.45. The van der Waals surface area contributed by atoms with E-state index >= 15 is 0 Å². The number of methoxy groups -OCH3 is 1. The van der Waals surface area contributed by atoms with Crippen molar-refractivity contribution in [1.29, 1.82) is 0 Å². The molecule has 6 nitrogen and oxygen atoms in total. The van der Waals surface area contributed by atoms with E-state index in [0.717, 1.165) is 55.3 Å². The molecule has 3 saturated carbocycles. The maximum Gasteiger partial charge on any atom is 0.435 e. The number of rotatable bonds is 9. The third-order valence-corrected chi connectivity index (χ3v) is 10.3. The second kappa shape index (κ2) is 9.51. The zero-order valence-electron chi connectivity index (χ0n) is 24.2. The number of hydrogen-bond acceptors (Lipinski definition) is 5. The first-order valence-corrected chi connectivity index (χ1v) is 14.9. The van der Waals surface area contributed by atoms with Gasteiger partial charge in [0.05, 0.1) is 23.9 Å². The maximum absolute atomic E-state index is 13.4. The summed E-state index contributed by atoms with van der Waals surface area (Å²) in [5.74, 6) is 1.36. The lowest BCUT2D eigenvalue weighted by Crippen LogP contribution is -2.56. The van der Waals surface area contributed by atoms with E-state index in [0.29, 0.717) is 36.0 Å². The molecule has 2 aromatic heterocycles. The standard InChI is InChI=1S/C33H35F3N4O2/c1-19-24-13-14-31(2,27-28(22-8-9-22)37-18-38-30(27)42-3)29(19)32(24,17-41)15-12-20-4-10-23(11-5-20)40-25(21-6-7-21)16-26(39-40)33(34,35)36/h4-5,10-11,16-18,21-22,24H,6-9,12-15H2,1-3H3. The van der Waals surface area contributed by atoms with Crippen molar-refractivity contribution in [2.75, 3.05) is 7.11 Å². The summed E-state index contributed by atoms with van der Waals surface area (Å²) in [7, 11) is 1.65. The van der Waals surface area contributed by atoms with Crippen LogP contribution in [0.2, 0.25) is 0 Å². The van der Waals surface area contributed by atoms with Gasteiger partial charge in [0, 0.05) is 28.5 Å². The number of ether oxygens (including phenoxy) is 1. The summed E-state index contributed by atoms with van der Waals surface area (Å²) >= 11 is 0. The zero-order chi connectivity index (χ0) is 29.4. The Labute approximate surface area is 243 Å². The summed E-state index contributed by atoms with van der Waals surface area (Å²) in [5.41, 5.74) is 5.06. The minimum absolute atomic E-state index is 0.124.